The number of hydrogen-bond acceptors (Lipinski definition) is 0. The lowest BCUT2D eigenvalue weighted by molar-refractivity contribution is -0.0830. The van der Waals surface area contributed by atoms with E-state index in [-0.39, 0.29) is 0 Å². The maximum atomic E-state index is 11.3. The van der Waals surface area contributed by atoms with Crippen molar-refractivity contribution in [2.45, 2.75) is 12.3 Å². The first-order valence-electron chi connectivity index (χ1n) is 1.64. The molecule has 0 nitrogen and oxygen atoms in total. The number of halogens is 4. The third kappa shape index (κ3) is 1.41. The van der Waals surface area contributed by atoms with Crippen molar-refractivity contribution in [2.75, 3.05) is 0 Å². The summed E-state index contributed by atoms with van der Waals surface area (Å²) in [6, 6.07) is 0. The fourth-order valence-corrected chi connectivity index (χ4v) is 0.0630. The van der Waals surface area contributed by atoms with Gasteiger partial charge in [0.25, 0.3) is 0 Å². The van der Waals surface area contributed by atoms with Crippen LogP contribution < -0.4 is 0 Å². The van der Waals surface area contributed by atoms with Crippen LogP contribution in [0.15, 0.2) is 0 Å². The van der Waals surface area contributed by atoms with E-state index in [9.17, 15) is 17.6 Å². The quantitative estimate of drug-likeness (QED) is 0.369. The van der Waals surface area contributed by atoms with Gasteiger partial charge in [-0.3, -0.25) is 0 Å². The molecule has 0 saturated heterocycles. The molecule has 0 bridgehead atoms. The summed E-state index contributed by atoms with van der Waals surface area (Å²) < 4.78 is 44.4. The molecule has 0 radical (unpaired) electrons. The molecule has 0 aliphatic rings. The minimum absolute atomic E-state index is 0.657. The summed E-state index contributed by atoms with van der Waals surface area (Å²) in [6.45, 7) is 0. The molecule has 0 heterocycles. The van der Waals surface area contributed by atoms with E-state index in [0.29, 0.717) is 5.92 Å². The van der Waals surface area contributed by atoms with Crippen LogP contribution in [0.25, 0.3) is 0 Å². The zero-order valence-corrected chi connectivity index (χ0v) is 3.67. The SMILES string of the molecule is C#CC(F)(F)C(F)F. The zero-order chi connectivity index (χ0) is 6.78. The van der Waals surface area contributed by atoms with Crippen molar-refractivity contribution in [1.82, 2.24) is 0 Å². The topological polar surface area (TPSA) is 0 Å². The minimum Gasteiger partial charge on any atom is -0.202 e. The van der Waals surface area contributed by atoms with Gasteiger partial charge in [0.05, 0.1) is 0 Å². The van der Waals surface area contributed by atoms with E-state index in [1.165, 1.54) is 0 Å². The largest absolute Gasteiger partial charge is 0.367 e. The maximum absolute atomic E-state index is 11.3. The molecule has 0 aliphatic heterocycles. The van der Waals surface area contributed by atoms with E-state index in [2.05, 4.69) is 6.42 Å². The van der Waals surface area contributed by atoms with Gasteiger partial charge in [-0.05, 0) is 5.92 Å². The van der Waals surface area contributed by atoms with Crippen molar-refractivity contribution >= 4 is 0 Å². The van der Waals surface area contributed by atoms with Gasteiger partial charge in [0.1, 0.15) is 0 Å². The molecular formula is C4H2F4. The van der Waals surface area contributed by atoms with Crippen LogP contribution >= 0.6 is 0 Å². The Hall–Kier alpha value is -0.720. The second kappa shape index (κ2) is 2.03. The van der Waals surface area contributed by atoms with Crippen molar-refractivity contribution in [2.24, 2.45) is 0 Å². The Bertz CT molecular complexity index is 110. The van der Waals surface area contributed by atoms with Gasteiger partial charge in [-0.15, -0.1) is 6.42 Å². The van der Waals surface area contributed by atoms with Gasteiger partial charge in [-0.25, -0.2) is 8.78 Å². The normalized spacial score (nSPS) is 11.5. The molecule has 0 aliphatic carbocycles. The fourth-order valence-electron chi connectivity index (χ4n) is 0.0630. The molecule has 0 saturated carbocycles. The molecule has 0 unspecified atom stereocenters. The molecular weight excluding hydrogens is 124 g/mol. The first-order chi connectivity index (χ1) is 3.50. The van der Waals surface area contributed by atoms with Crippen LogP contribution in [0.4, 0.5) is 17.6 Å². The molecule has 0 aromatic carbocycles. The highest BCUT2D eigenvalue weighted by molar-refractivity contribution is 5.02. The summed E-state index contributed by atoms with van der Waals surface area (Å²) in [6.07, 6.45) is 0.270. The number of rotatable bonds is 1. The second-order valence-electron chi connectivity index (χ2n) is 1.07. The molecule has 4 heteroatoms. The van der Waals surface area contributed by atoms with Crippen molar-refractivity contribution < 1.29 is 17.6 Å². The predicted octanol–water partition coefficient (Wildman–Crippen LogP) is 1.52. The smallest absolute Gasteiger partial charge is 0.202 e. The number of alkyl halides is 4. The lowest BCUT2D eigenvalue weighted by atomic mass is 10.4. The number of hydrogen-bond donors (Lipinski definition) is 0. The Labute approximate surface area is 43.5 Å². The van der Waals surface area contributed by atoms with Crippen molar-refractivity contribution in [3.8, 4) is 12.3 Å². The van der Waals surface area contributed by atoms with Crippen LogP contribution in [0.3, 0.4) is 0 Å². The number of terminal acetylenes is 1. The lowest BCUT2D eigenvalue weighted by Crippen LogP contribution is -2.23. The van der Waals surface area contributed by atoms with Gasteiger partial charge >= 0.3 is 12.3 Å². The fraction of sp³-hybridized carbons (Fsp3) is 0.500. The highest BCUT2D eigenvalue weighted by Crippen LogP contribution is 2.20. The molecule has 0 rings (SSSR count). The first kappa shape index (κ1) is 7.28. The highest BCUT2D eigenvalue weighted by atomic mass is 19.3. The van der Waals surface area contributed by atoms with Gasteiger partial charge in [0.2, 0.25) is 0 Å². The Morgan fingerprint density at radius 1 is 1.38 bits per heavy atom. The van der Waals surface area contributed by atoms with Gasteiger partial charge in [0, 0.05) is 0 Å². The van der Waals surface area contributed by atoms with Gasteiger partial charge in [-0.1, -0.05) is 0 Å². The molecule has 0 amide bonds. The summed E-state index contributed by atoms with van der Waals surface area (Å²) in [7, 11) is 0. The molecule has 0 fully saturated rings. The summed E-state index contributed by atoms with van der Waals surface area (Å²) in [4.78, 5) is 0. The first-order valence-corrected chi connectivity index (χ1v) is 1.64. The Kier molecular flexibility index (Phi) is 1.85. The van der Waals surface area contributed by atoms with Crippen molar-refractivity contribution in [3.05, 3.63) is 0 Å². The van der Waals surface area contributed by atoms with Gasteiger partial charge in [0.15, 0.2) is 0 Å². The second-order valence-corrected chi connectivity index (χ2v) is 1.07. The third-order valence-corrected chi connectivity index (χ3v) is 0.467. The molecule has 0 aromatic rings. The Morgan fingerprint density at radius 3 is 1.75 bits per heavy atom. The molecule has 0 spiro atoms. The summed E-state index contributed by atoms with van der Waals surface area (Å²) in [5.74, 6) is -3.61. The molecule has 0 aromatic heterocycles. The van der Waals surface area contributed by atoms with Crippen molar-refractivity contribution in [3.63, 3.8) is 0 Å². The zero-order valence-electron chi connectivity index (χ0n) is 3.67. The Morgan fingerprint density at radius 2 is 1.75 bits per heavy atom. The van der Waals surface area contributed by atoms with Crippen LogP contribution in [0.5, 0.6) is 0 Å². The average molecular weight is 126 g/mol. The van der Waals surface area contributed by atoms with Gasteiger partial charge < -0.3 is 0 Å². The summed E-state index contributed by atoms with van der Waals surface area (Å²) >= 11 is 0. The van der Waals surface area contributed by atoms with Gasteiger partial charge in [-0.2, -0.15) is 8.78 Å². The van der Waals surface area contributed by atoms with E-state index in [4.69, 9.17) is 0 Å². The lowest BCUT2D eigenvalue weighted by Gasteiger charge is -2.04. The monoisotopic (exact) mass is 126 g/mol. The van der Waals surface area contributed by atoms with E-state index in [1.807, 2.05) is 0 Å². The van der Waals surface area contributed by atoms with Crippen LogP contribution in [0.2, 0.25) is 0 Å². The highest BCUT2D eigenvalue weighted by Gasteiger charge is 2.37. The average Bonchev–Trinajstić information content (AvgIpc) is 1.67. The van der Waals surface area contributed by atoms with E-state index in [0.717, 1.165) is 0 Å². The van der Waals surface area contributed by atoms with Crippen molar-refractivity contribution in [1.29, 1.82) is 0 Å². The standard InChI is InChI=1S/C4H2F4/c1-2-4(7,8)3(5)6/h1,3H. The molecule has 0 N–H and O–H groups in total. The van der Waals surface area contributed by atoms with Crippen LogP contribution in [0.1, 0.15) is 0 Å². The Balaban J connectivity index is 3.97. The summed E-state index contributed by atoms with van der Waals surface area (Å²) in [5.41, 5.74) is 0. The maximum Gasteiger partial charge on any atom is 0.367 e. The molecule has 46 valence electrons. The van der Waals surface area contributed by atoms with Crippen LogP contribution in [0, 0.1) is 12.3 Å². The minimum atomic E-state index is -4.26. The van der Waals surface area contributed by atoms with E-state index >= 15 is 0 Å². The third-order valence-electron chi connectivity index (χ3n) is 0.467. The predicted molar refractivity (Wildman–Crippen MR) is 19.8 cm³/mol. The molecule has 0 atom stereocenters. The summed E-state index contributed by atoms with van der Waals surface area (Å²) in [5, 5.41) is 0. The van der Waals surface area contributed by atoms with Crippen LogP contribution in [-0.4, -0.2) is 12.3 Å². The van der Waals surface area contributed by atoms with E-state index < -0.39 is 12.3 Å². The van der Waals surface area contributed by atoms with E-state index in [1.54, 1.807) is 0 Å². The van der Waals surface area contributed by atoms with Crippen LogP contribution in [-0.2, 0) is 0 Å². The molecule has 8 heavy (non-hydrogen) atoms.